The first kappa shape index (κ1) is 11.8. The van der Waals surface area contributed by atoms with Crippen molar-refractivity contribution >= 4 is 5.57 Å². The fraction of sp³-hybridized carbons (Fsp3) is 0.273. The van der Waals surface area contributed by atoms with E-state index in [1.165, 1.54) is 24.3 Å². The molecule has 0 amide bonds. The molecule has 0 atom stereocenters. The van der Waals surface area contributed by atoms with E-state index in [1.54, 1.807) is 6.07 Å². The lowest BCUT2D eigenvalue weighted by atomic mass is 9.76. The normalized spacial score (nSPS) is 20.9. The van der Waals surface area contributed by atoms with Gasteiger partial charge in [0.2, 0.25) is 0 Å². The third-order valence-electron chi connectivity index (χ3n) is 2.67. The monoisotopic (exact) mass is 245 g/mol. The third kappa shape index (κ3) is 1.47. The van der Waals surface area contributed by atoms with Gasteiger partial charge in [0.05, 0.1) is 0 Å². The van der Waals surface area contributed by atoms with Crippen molar-refractivity contribution in [2.45, 2.75) is 11.8 Å². The molecule has 2 rings (SSSR count). The number of benzene rings is 1. The zero-order valence-electron chi connectivity index (χ0n) is 8.46. The van der Waals surface area contributed by atoms with Gasteiger partial charge in [-0.15, -0.1) is 0 Å². The highest BCUT2D eigenvalue weighted by Gasteiger charge is 2.71. The van der Waals surface area contributed by atoms with Gasteiger partial charge in [-0.2, -0.15) is 22.5 Å². The van der Waals surface area contributed by atoms with Gasteiger partial charge in [-0.05, 0) is 5.56 Å². The van der Waals surface area contributed by atoms with Crippen LogP contribution < -0.4 is 0 Å². The van der Waals surface area contributed by atoms with E-state index in [0.29, 0.717) is 0 Å². The Morgan fingerprint density at radius 1 is 1.00 bits per heavy atom. The second-order valence-corrected chi connectivity index (χ2v) is 3.66. The number of hydrogen-bond acceptors (Lipinski definition) is 2. The topological polar surface area (TPSA) is 29.4 Å². The lowest BCUT2D eigenvalue weighted by Crippen LogP contribution is -2.53. The molecule has 0 saturated carbocycles. The maximum absolute atomic E-state index is 13.3. The summed E-state index contributed by atoms with van der Waals surface area (Å²) in [6.45, 7) is -0.924. The van der Waals surface area contributed by atoms with Crippen LogP contribution >= 0.6 is 0 Å². The summed E-state index contributed by atoms with van der Waals surface area (Å²) in [4.78, 5) is 10.0. The molecule has 1 aliphatic rings. The first-order valence-corrected chi connectivity index (χ1v) is 4.77. The van der Waals surface area contributed by atoms with Gasteiger partial charge in [0.25, 0.3) is 0 Å². The van der Waals surface area contributed by atoms with E-state index in [4.69, 9.17) is 0 Å². The molecule has 1 aromatic carbocycles. The molecule has 6 heteroatoms. The van der Waals surface area contributed by atoms with Gasteiger partial charge in [0, 0.05) is 11.1 Å². The van der Waals surface area contributed by atoms with Gasteiger partial charge in [-0.25, -0.2) is 0 Å². The molecule has 1 aliphatic carbocycles. The standard InChI is InChI=1S/C11H7F4NO/c12-10(13)8(6-16-17)9(11(10,14)15)7-4-2-1-3-5-7/h1-5H,6H2. The number of allylic oxidation sites excluding steroid dienone is 1. The van der Waals surface area contributed by atoms with Crippen LogP contribution in [0, 0.1) is 4.91 Å². The van der Waals surface area contributed by atoms with E-state index < -0.39 is 29.5 Å². The molecule has 1 aromatic rings. The molecule has 0 aromatic heterocycles. The fourth-order valence-electron chi connectivity index (χ4n) is 1.83. The van der Waals surface area contributed by atoms with Crippen molar-refractivity contribution in [1.29, 1.82) is 0 Å². The van der Waals surface area contributed by atoms with E-state index in [-0.39, 0.29) is 5.56 Å². The molecular weight excluding hydrogens is 238 g/mol. The maximum Gasteiger partial charge on any atom is 0.340 e. The van der Waals surface area contributed by atoms with Gasteiger partial charge in [-0.1, -0.05) is 35.5 Å². The van der Waals surface area contributed by atoms with Gasteiger partial charge in [0.1, 0.15) is 6.54 Å². The molecule has 0 heterocycles. The van der Waals surface area contributed by atoms with Crippen LogP contribution in [0.2, 0.25) is 0 Å². The predicted molar refractivity (Wildman–Crippen MR) is 53.9 cm³/mol. The van der Waals surface area contributed by atoms with Crippen LogP contribution in [0.25, 0.3) is 5.57 Å². The van der Waals surface area contributed by atoms with E-state index >= 15 is 0 Å². The first-order valence-electron chi connectivity index (χ1n) is 4.77. The number of halogens is 4. The minimum absolute atomic E-state index is 0.0120. The molecule has 0 aliphatic heterocycles. The molecule has 0 bridgehead atoms. The highest BCUT2D eigenvalue weighted by molar-refractivity contribution is 5.83. The number of nitroso groups, excluding NO2 is 1. The minimum atomic E-state index is -4.29. The Kier molecular flexibility index (Phi) is 2.52. The summed E-state index contributed by atoms with van der Waals surface area (Å²) in [5.74, 6) is -8.53. The smallest absolute Gasteiger partial charge is 0.194 e. The highest BCUT2D eigenvalue weighted by atomic mass is 19.3. The molecule has 0 unspecified atom stereocenters. The van der Waals surface area contributed by atoms with Crippen LogP contribution in [0.5, 0.6) is 0 Å². The summed E-state index contributed by atoms with van der Waals surface area (Å²) < 4.78 is 52.8. The van der Waals surface area contributed by atoms with Crippen LogP contribution in [0.1, 0.15) is 5.56 Å². The summed E-state index contributed by atoms with van der Waals surface area (Å²) >= 11 is 0. The van der Waals surface area contributed by atoms with Crippen molar-refractivity contribution < 1.29 is 17.6 Å². The van der Waals surface area contributed by atoms with E-state index in [0.717, 1.165) is 0 Å². The second-order valence-electron chi connectivity index (χ2n) is 3.66. The maximum atomic E-state index is 13.3. The average Bonchev–Trinajstić information content (AvgIpc) is 2.29. The Balaban J connectivity index is 2.56. The van der Waals surface area contributed by atoms with Crippen LogP contribution in [-0.4, -0.2) is 18.4 Å². The van der Waals surface area contributed by atoms with Gasteiger partial charge in [-0.3, -0.25) is 0 Å². The Morgan fingerprint density at radius 2 is 1.59 bits per heavy atom. The van der Waals surface area contributed by atoms with Crippen LogP contribution in [-0.2, 0) is 0 Å². The van der Waals surface area contributed by atoms with E-state index in [9.17, 15) is 22.5 Å². The fourth-order valence-corrected chi connectivity index (χ4v) is 1.83. The van der Waals surface area contributed by atoms with E-state index in [2.05, 4.69) is 5.18 Å². The van der Waals surface area contributed by atoms with Crippen LogP contribution in [0.4, 0.5) is 17.6 Å². The Hall–Kier alpha value is -1.72. The van der Waals surface area contributed by atoms with Crippen molar-refractivity contribution in [3.05, 3.63) is 46.4 Å². The summed E-state index contributed by atoms with van der Waals surface area (Å²) in [7, 11) is 0. The van der Waals surface area contributed by atoms with Crippen LogP contribution in [0.15, 0.2) is 41.1 Å². The van der Waals surface area contributed by atoms with Crippen molar-refractivity contribution in [2.24, 2.45) is 5.18 Å². The predicted octanol–water partition coefficient (Wildman–Crippen LogP) is 3.49. The second kappa shape index (κ2) is 3.65. The average molecular weight is 245 g/mol. The number of nitrogens with zero attached hydrogens (tertiary/aromatic N) is 1. The largest absolute Gasteiger partial charge is 0.340 e. The third-order valence-corrected chi connectivity index (χ3v) is 2.67. The zero-order valence-corrected chi connectivity index (χ0v) is 8.46. The SMILES string of the molecule is O=NCC1=C(c2ccccc2)C(F)(F)C1(F)F. The number of hydrogen-bond donors (Lipinski definition) is 0. The molecule has 90 valence electrons. The molecule has 2 nitrogen and oxygen atoms in total. The molecule has 0 fully saturated rings. The van der Waals surface area contributed by atoms with E-state index in [1.807, 2.05) is 0 Å². The quantitative estimate of drug-likeness (QED) is 0.592. The Morgan fingerprint density at radius 3 is 2.12 bits per heavy atom. The van der Waals surface area contributed by atoms with Crippen molar-refractivity contribution in [2.75, 3.05) is 6.54 Å². The first-order chi connectivity index (χ1) is 7.93. The molecule has 0 saturated heterocycles. The van der Waals surface area contributed by atoms with Crippen molar-refractivity contribution in [3.8, 4) is 0 Å². The molecule has 0 spiro atoms. The molecule has 0 N–H and O–H groups in total. The van der Waals surface area contributed by atoms with Gasteiger partial charge < -0.3 is 0 Å². The minimum Gasteiger partial charge on any atom is -0.194 e. The molecule has 0 radical (unpaired) electrons. The number of alkyl halides is 4. The summed E-state index contributed by atoms with van der Waals surface area (Å²) in [5, 5.41) is 2.27. The summed E-state index contributed by atoms with van der Waals surface area (Å²) in [5.41, 5.74) is -1.70. The lowest BCUT2D eigenvalue weighted by molar-refractivity contribution is -0.169. The summed E-state index contributed by atoms with van der Waals surface area (Å²) in [6.07, 6.45) is 0. The Bertz CT molecular complexity index is 482. The Labute approximate surface area is 93.9 Å². The molecular formula is C11H7F4NO. The summed E-state index contributed by atoms with van der Waals surface area (Å²) in [6, 6.07) is 7.09. The lowest BCUT2D eigenvalue weighted by Gasteiger charge is -2.40. The van der Waals surface area contributed by atoms with Gasteiger partial charge in [0.15, 0.2) is 0 Å². The van der Waals surface area contributed by atoms with Crippen molar-refractivity contribution in [3.63, 3.8) is 0 Å². The number of rotatable bonds is 3. The zero-order chi connectivity index (χ0) is 12.7. The molecule has 17 heavy (non-hydrogen) atoms. The van der Waals surface area contributed by atoms with Crippen molar-refractivity contribution in [1.82, 2.24) is 0 Å². The highest BCUT2D eigenvalue weighted by Crippen LogP contribution is 2.59. The van der Waals surface area contributed by atoms with Crippen LogP contribution in [0.3, 0.4) is 0 Å². The van der Waals surface area contributed by atoms with Gasteiger partial charge >= 0.3 is 11.8 Å².